The number of nitrogens with one attached hydrogen (secondary N) is 1. The van der Waals surface area contributed by atoms with Crippen LogP contribution in [-0.2, 0) is 6.42 Å². The first-order valence-corrected chi connectivity index (χ1v) is 8.42. The summed E-state index contributed by atoms with van der Waals surface area (Å²) in [6.07, 6.45) is 3.59. The molecule has 0 unspecified atom stereocenters. The summed E-state index contributed by atoms with van der Waals surface area (Å²) >= 11 is 3.46. The number of imidazole rings is 1. The second-order valence-corrected chi connectivity index (χ2v) is 6.47. The average molecular weight is 372 g/mol. The minimum Gasteiger partial charge on any atom is -0.321 e. The fourth-order valence-corrected chi connectivity index (χ4v) is 2.88. The minimum absolute atomic E-state index is 0.136. The normalized spacial score (nSPS) is 10.9. The summed E-state index contributed by atoms with van der Waals surface area (Å²) in [5, 5.41) is 2.97. The van der Waals surface area contributed by atoms with E-state index in [0.717, 1.165) is 39.9 Å². The van der Waals surface area contributed by atoms with Gasteiger partial charge in [-0.3, -0.25) is 9.20 Å². The molecule has 0 aliphatic rings. The Labute approximate surface area is 143 Å². The molecule has 2 heterocycles. The predicted octanol–water partition coefficient (Wildman–Crippen LogP) is 4.61. The monoisotopic (exact) mass is 371 g/mol. The standard InChI is InChI=1S/C18H18BrN3O/c1-3-4-15-17(22-11-13(19)7-10-16(22)21-15)18(23)20-14-8-5-12(2)6-9-14/h5-11H,3-4H2,1-2H3,(H,20,23). The number of hydrogen-bond donors (Lipinski definition) is 1. The quantitative estimate of drug-likeness (QED) is 0.727. The molecule has 5 heteroatoms. The van der Waals surface area contributed by atoms with Crippen LogP contribution in [-0.4, -0.2) is 15.3 Å². The van der Waals surface area contributed by atoms with Crippen LogP contribution in [0.2, 0.25) is 0 Å². The third kappa shape index (κ3) is 3.29. The molecule has 1 N–H and O–H groups in total. The van der Waals surface area contributed by atoms with Crippen LogP contribution in [0.5, 0.6) is 0 Å². The summed E-state index contributed by atoms with van der Waals surface area (Å²) < 4.78 is 2.76. The van der Waals surface area contributed by atoms with Gasteiger partial charge in [0.25, 0.3) is 5.91 Å². The molecule has 0 aliphatic heterocycles. The zero-order chi connectivity index (χ0) is 16.4. The van der Waals surface area contributed by atoms with Crippen molar-refractivity contribution in [1.29, 1.82) is 0 Å². The summed E-state index contributed by atoms with van der Waals surface area (Å²) in [5.74, 6) is -0.136. The molecule has 0 atom stereocenters. The summed E-state index contributed by atoms with van der Waals surface area (Å²) in [5.41, 5.74) is 4.16. The number of benzene rings is 1. The van der Waals surface area contributed by atoms with Crippen LogP contribution >= 0.6 is 15.9 Å². The topological polar surface area (TPSA) is 46.4 Å². The largest absolute Gasteiger partial charge is 0.321 e. The van der Waals surface area contributed by atoms with Gasteiger partial charge in [-0.05, 0) is 53.5 Å². The van der Waals surface area contributed by atoms with Crippen molar-refractivity contribution in [1.82, 2.24) is 9.38 Å². The van der Waals surface area contributed by atoms with E-state index in [4.69, 9.17) is 0 Å². The van der Waals surface area contributed by atoms with Gasteiger partial charge in [0.15, 0.2) is 0 Å². The number of amides is 1. The number of carbonyl (C=O) groups excluding carboxylic acids is 1. The summed E-state index contributed by atoms with van der Waals surface area (Å²) in [4.78, 5) is 17.4. The molecule has 4 nitrogen and oxygen atoms in total. The maximum Gasteiger partial charge on any atom is 0.274 e. The van der Waals surface area contributed by atoms with E-state index in [2.05, 4.69) is 33.2 Å². The number of aromatic nitrogens is 2. The Bertz CT molecular complexity index is 853. The third-order valence-corrected chi connectivity index (χ3v) is 4.14. The zero-order valence-corrected chi connectivity index (χ0v) is 14.7. The van der Waals surface area contributed by atoms with Gasteiger partial charge in [0, 0.05) is 16.4 Å². The van der Waals surface area contributed by atoms with Crippen molar-refractivity contribution in [3.63, 3.8) is 0 Å². The van der Waals surface area contributed by atoms with Crippen molar-refractivity contribution in [2.24, 2.45) is 0 Å². The van der Waals surface area contributed by atoms with E-state index in [0.29, 0.717) is 5.69 Å². The maximum atomic E-state index is 12.8. The first kappa shape index (κ1) is 15.7. The van der Waals surface area contributed by atoms with E-state index < -0.39 is 0 Å². The number of nitrogens with zero attached hydrogens (tertiary/aromatic N) is 2. The van der Waals surface area contributed by atoms with Gasteiger partial charge in [-0.25, -0.2) is 4.98 Å². The van der Waals surface area contributed by atoms with Crippen LogP contribution in [0.25, 0.3) is 5.65 Å². The van der Waals surface area contributed by atoms with Gasteiger partial charge in [0.05, 0.1) is 5.69 Å². The Morgan fingerprint density at radius 1 is 1.22 bits per heavy atom. The van der Waals surface area contributed by atoms with Gasteiger partial charge in [-0.1, -0.05) is 31.0 Å². The Morgan fingerprint density at radius 3 is 2.65 bits per heavy atom. The Kier molecular flexibility index (Phi) is 4.48. The number of aryl methyl sites for hydroxylation is 2. The molecule has 1 amide bonds. The molecule has 0 saturated heterocycles. The van der Waals surface area contributed by atoms with Gasteiger partial charge in [-0.15, -0.1) is 0 Å². The Balaban J connectivity index is 2.02. The van der Waals surface area contributed by atoms with Crippen LogP contribution in [0, 0.1) is 6.92 Å². The molecular formula is C18H18BrN3O. The van der Waals surface area contributed by atoms with Crippen LogP contribution in [0.15, 0.2) is 47.1 Å². The Morgan fingerprint density at radius 2 is 1.96 bits per heavy atom. The highest BCUT2D eigenvalue weighted by molar-refractivity contribution is 9.10. The van der Waals surface area contributed by atoms with Crippen molar-refractivity contribution in [3.8, 4) is 0 Å². The molecule has 1 aromatic carbocycles. The molecule has 0 spiro atoms. The first-order chi connectivity index (χ1) is 11.1. The van der Waals surface area contributed by atoms with Crippen LogP contribution < -0.4 is 5.32 Å². The molecule has 0 radical (unpaired) electrons. The zero-order valence-electron chi connectivity index (χ0n) is 13.1. The average Bonchev–Trinajstić information content (AvgIpc) is 2.87. The lowest BCUT2D eigenvalue weighted by Gasteiger charge is -2.07. The van der Waals surface area contributed by atoms with Gasteiger partial charge in [0.1, 0.15) is 11.3 Å². The smallest absolute Gasteiger partial charge is 0.274 e. The number of pyridine rings is 1. The van der Waals surface area contributed by atoms with Crippen LogP contribution in [0.4, 0.5) is 5.69 Å². The fraction of sp³-hybridized carbons (Fsp3) is 0.222. The highest BCUT2D eigenvalue weighted by Crippen LogP contribution is 2.20. The highest BCUT2D eigenvalue weighted by Gasteiger charge is 2.19. The van der Waals surface area contributed by atoms with E-state index in [1.807, 2.05) is 53.9 Å². The van der Waals surface area contributed by atoms with Crippen molar-refractivity contribution >= 4 is 33.2 Å². The minimum atomic E-state index is -0.136. The molecule has 0 bridgehead atoms. The molecule has 0 saturated carbocycles. The third-order valence-electron chi connectivity index (χ3n) is 3.67. The fourth-order valence-electron chi connectivity index (χ4n) is 2.55. The predicted molar refractivity (Wildman–Crippen MR) is 96.0 cm³/mol. The summed E-state index contributed by atoms with van der Waals surface area (Å²) in [7, 11) is 0. The molecule has 0 aliphatic carbocycles. The maximum absolute atomic E-state index is 12.8. The van der Waals surface area contributed by atoms with E-state index in [-0.39, 0.29) is 5.91 Å². The second kappa shape index (κ2) is 6.54. The highest BCUT2D eigenvalue weighted by atomic mass is 79.9. The number of hydrogen-bond acceptors (Lipinski definition) is 2. The summed E-state index contributed by atoms with van der Waals surface area (Å²) in [6, 6.07) is 11.6. The second-order valence-electron chi connectivity index (χ2n) is 5.55. The number of anilines is 1. The molecule has 118 valence electrons. The first-order valence-electron chi connectivity index (χ1n) is 7.63. The van der Waals surface area contributed by atoms with E-state index in [1.165, 1.54) is 0 Å². The van der Waals surface area contributed by atoms with Gasteiger partial charge in [0.2, 0.25) is 0 Å². The van der Waals surface area contributed by atoms with Gasteiger partial charge in [-0.2, -0.15) is 0 Å². The van der Waals surface area contributed by atoms with Gasteiger partial charge >= 0.3 is 0 Å². The number of carbonyl (C=O) groups is 1. The number of halogens is 1. The number of fused-ring (bicyclic) bond motifs is 1. The lowest BCUT2D eigenvalue weighted by Crippen LogP contribution is -2.16. The molecule has 0 fully saturated rings. The van der Waals surface area contributed by atoms with E-state index in [1.54, 1.807) is 0 Å². The van der Waals surface area contributed by atoms with Crippen molar-refractivity contribution in [2.45, 2.75) is 26.7 Å². The van der Waals surface area contributed by atoms with Gasteiger partial charge < -0.3 is 5.32 Å². The molecule has 3 aromatic rings. The van der Waals surface area contributed by atoms with Crippen molar-refractivity contribution < 1.29 is 4.79 Å². The van der Waals surface area contributed by atoms with E-state index >= 15 is 0 Å². The Hall–Kier alpha value is -2.14. The summed E-state index contributed by atoms with van der Waals surface area (Å²) in [6.45, 7) is 4.11. The van der Waals surface area contributed by atoms with Crippen LogP contribution in [0.1, 0.15) is 35.1 Å². The van der Waals surface area contributed by atoms with Crippen LogP contribution in [0.3, 0.4) is 0 Å². The SMILES string of the molecule is CCCc1nc2ccc(Br)cn2c1C(=O)Nc1ccc(C)cc1. The molecular weight excluding hydrogens is 354 g/mol. The molecule has 3 rings (SSSR count). The van der Waals surface area contributed by atoms with Crippen molar-refractivity contribution in [2.75, 3.05) is 5.32 Å². The lowest BCUT2D eigenvalue weighted by atomic mass is 10.2. The van der Waals surface area contributed by atoms with Crippen molar-refractivity contribution in [3.05, 3.63) is 64.0 Å². The lowest BCUT2D eigenvalue weighted by molar-refractivity contribution is 0.102. The molecule has 23 heavy (non-hydrogen) atoms. The number of rotatable bonds is 4. The van der Waals surface area contributed by atoms with E-state index in [9.17, 15) is 4.79 Å². The molecule has 2 aromatic heterocycles.